The summed E-state index contributed by atoms with van der Waals surface area (Å²) < 4.78 is 37.7. The number of H-pyrrole nitrogens is 1. The van der Waals surface area contributed by atoms with Crippen LogP contribution in [-0.4, -0.2) is 27.3 Å². The largest absolute Gasteiger partial charge is 0.416 e. The third-order valence-corrected chi connectivity index (χ3v) is 5.07. The average molecular weight is 347 g/mol. The average Bonchev–Trinajstić information content (AvgIpc) is 3.25. The first-order chi connectivity index (χ1) is 11.9. The molecule has 130 valence electrons. The van der Waals surface area contributed by atoms with Crippen molar-refractivity contribution in [1.29, 1.82) is 0 Å². The van der Waals surface area contributed by atoms with Gasteiger partial charge in [-0.2, -0.15) is 13.2 Å². The Labute approximate surface area is 142 Å². The van der Waals surface area contributed by atoms with E-state index >= 15 is 0 Å². The summed E-state index contributed by atoms with van der Waals surface area (Å²) in [5.41, 5.74) is -0.497. The van der Waals surface area contributed by atoms with Crippen molar-refractivity contribution in [3.8, 4) is 0 Å². The summed E-state index contributed by atoms with van der Waals surface area (Å²) in [7, 11) is 0. The molecule has 3 aliphatic rings. The molecule has 1 amide bonds. The van der Waals surface area contributed by atoms with Gasteiger partial charge in [0.15, 0.2) is 0 Å². The summed E-state index contributed by atoms with van der Waals surface area (Å²) in [5, 5.41) is 0. The number of fused-ring (bicyclic) bond motifs is 1. The molecule has 1 aromatic carbocycles. The van der Waals surface area contributed by atoms with Crippen molar-refractivity contribution in [2.45, 2.75) is 24.6 Å². The molecular weight excluding hydrogens is 331 g/mol. The highest BCUT2D eigenvalue weighted by molar-refractivity contribution is 5.93. The van der Waals surface area contributed by atoms with E-state index in [1.807, 2.05) is 4.90 Å². The maximum Gasteiger partial charge on any atom is 0.416 e. The number of aromatic amines is 1. The number of halogens is 3. The highest BCUT2D eigenvalue weighted by Crippen LogP contribution is 2.56. The quantitative estimate of drug-likeness (QED) is 0.863. The Morgan fingerprint density at radius 1 is 1.28 bits per heavy atom. The zero-order valence-electron chi connectivity index (χ0n) is 13.3. The lowest BCUT2D eigenvalue weighted by molar-refractivity contribution is -0.137. The molecule has 1 aromatic heterocycles. The second-order valence-corrected chi connectivity index (χ2v) is 6.65. The molecule has 25 heavy (non-hydrogen) atoms. The van der Waals surface area contributed by atoms with Crippen LogP contribution in [0.2, 0.25) is 0 Å². The standard InChI is InChI=1S/C18H16F3N3O/c19-18(20,21)14-4-1-12(2-5-14)3-6-15(25)24-11-13-9-17(24,10-13)16-22-7-8-23-16/h1-8,13H,9-11H2,(H,22,23)/b6-3+. The maximum atomic E-state index is 12.6. The number of carbonyl (C=O) groups is 1. The van der Waals surface area contributed by atoms with E-state index in [-0.39, 0.29) is 11.4 Å². The second kappa shape index (κ2) is 5.47. The van der Waals surface area contributed by atoms with Gasteiger partial charge in [-0.05, 0) is 42.5 Å². The molecule has 0 atom stereocenters. The molecule has 0 unspecified atom stereocenters. The van der Waals surface area contributed by atoms with Crippen molar-refractivity contribution in [2.75, 3.05) is 6.54 Å². The van der Waals surface area contributed by atoms with E-state index in [0.717, 1.165) is 30.8 Å². The van der Waals surface area contributed by atoms with Crippen molar-refractivity contribution in [2.24, 2.45) is 5.92 Å². The van der Waals surface area contributed by atoms with E-state index in [2.05, 4.69) is 9.97 Å². The summed E-state index contributed by atoms with van der Waals surface area (Å²) in [6.45, 7) is 0.691. The lowest BCUT2D eigenvalue weighted by Gasteiger charge is -2.40. The van der Waals surface area contributed by atoms with Gasteiger partial charge in [0.25, 0.3) is 0 Å². The van der Waals surface area contributed by atoms with Crippen LogP contribution in [0.25, 0.3) is 6.08 Å². The number of amides is 1. The summed E-state index contributed by atoms with van der Waals surface area (Å²) >= 11 is 0. The first kappa shape index (κ1) is 15.9. The third-order valence-electron chi connectivity index (χ3n) is 5.07. The summed E-state index contributed by atoms with van der Waals surface area (Å²) in [5.74, 6) is 1.15. The van der Waals surface area contributed by atoms with E-state index < -0.39 is 11.7 Å². The molecule has 3 fully saturated rings. The van der Waals surface area contributed by atoms with Gasteiger partial charge in [-0.15, -0.1) is 0 Å². The lowest BCUT2D eigenvalue weighted by Crippen LogP contribution is -2.46. The predicted molar refractivity (Wildman–Crippen MR) is 85.2 cm³/mol. The SMILES string of the molecule is O=C(/C=C/c1ccc(C(F)(F)F)cc1)N1CC2CC1(c1ncc[nH]1)C2. The number of carbonyl (C=O) groups excluding carboxylic acids is 1. The van der Waals surface area contributed by atoms with Crippen LogP contribution in [0.3, 0.4) is 0 Å². The van der Waals surface area contributed by atoms with E-state index in [4.69, 9.17) is 0 Å². The van der Waals surface area contributed by atoms with Crippen LogP contribution in [0.15, 0.2) is 42.7 Å². The van der Waals surface area contributed by atoms with Gasteiger partial charge in [-0.1, -0.05) is 12.1 Å². The van der Waals surface area contributed by atoms with Crippen molar-refractivity contribution < 1.29 is 18.0 Å². The minimum atomic E-state index is -4.36. The molecule has 2 aromatic rings. The van der Waals surface area contributed by atoms with Crippen LogP contribution in [0.1, 0.15) is 29.8 Å². The van der Waals surface area contributed by atoms with Crippen molar-refractivity contribution in [1.82, 2.24) is 14.9 Å². The van der Waals surface area contributed by atoms with Gasteiger partial charge in [-0.25, -0.2) is 4.98 Å². The summed E-state index contributed by atoms with van der Waals surface area (Å²) in [4.78, 5) is 21.8. The van der Waals surface area contributed by atoms with Crippen LogP contribution >= 0.6 is 0 Å². The zero-order valence-corrected chi connectivity index (χ0v) is 13.3. The Balaban J connectivity index is 1.50. The monoisotopic (exact) mass is 347 g/mol. The Kier molecular flexibility index (Phi) is 3.49. The summed E-state index contributed by atoms with van der Waals surface area (Å²) in [6, 6.07) is 4.75. The molecule has 1 aliphatic carbocycles. The molecule has 0 spiro atoms. The van der Waals surface area contributed by atoms with Gasteiger partial charge in [0.2, 0.25) is 5.91 Å². The van der Waals surface area contributed by atoms with E-state index in [1.165, 1.54) is 18.2 Å². The Hall–Kier alpha value is -2.57. The Morgan fingerprint density at radius 2 is 2.00 bits per heavy atom. The van der Waals surface area contributed by atoms with Crippen LogP contribution in [0.5, 0.6) is 0 Å². The molecule has 4 nitrogen and oxygen atoms in total. The molecular formula is C18H16F3N3O. The number of alkyl halides is 3. The van der Waals surface area contributed by atoms with Gasteiger partial charge < -0.3 is 9.88 Å². The van der Waals surface area contributed by atoms with Crippen LogP contribution in [0.4, 0.5) is 13.2 Å². The number of imidazole rings is 1. The molecule has 2 aliphatic heterocycles. The minimum absolute atomic E-state index is 0.142. The Morgan fingerprint density at radius 3 is 2.60 bits per heavy atom. The van der Waals surface area contributed by atoms with Gasteiger partial charge in [0, 0.05) is 25.0 Å². The molecule has 2 bridgehead atoms. The van der Waals surface area contributed by atoms with E-state index in [9.17, 15) is 18.0 Å². The number of rotatable bonds is 3. The fourth-order valence-electron chi connectivity index (χ4n) is 3.86. The lowest BCUT2D eigenvalue weighted by atomic mass is 9.72. The number of nitrogens with one attached hydrogen (secondary N) is 1. The van der Waals surface area contributed by atoms with Crippen LogP contribution in [0, 0.1) is 5.92 Å². The van der Waals surface area contributed by atoms with Crippen molar-refractivity contribution in [3.63, 3.8) is 0 Å². The summed E-state index contributed by atoms with van der Waals surface area (Å²) in [6.07, 6.45) is 3.85. The molecule has 1 saturated carbocycles. The fraction of sp³-hybridized carbons (Fsp3) is 0.333. The topological polar surface area (TPSA) is 49.0 Å². The number of nitrogens with zero attached hydrogens (tertiary/aromatic N) is 2. The van der Waals surface area contributed by atoms with Gasteiger partial charge in [-0.3, -0.25) is 4.79 Å². The Bertz CT molecular complexity index is 803. The molecule has 2 saturated heterocycles. The highest BCUT2D eigenvalue weighted by atomic mass is 19.4. The van der Waals surface area contributed by atoms with Crippen molar-refractivity contribution >= 4 is 12.0 Å². The molecule has 5 rings (SSSR count). The minimum Gasteiger partial charge on any atom is -0.347 e. The smallest absolute Gasteiger partial charge is 0.347 e. The van der Waals surface area contributed by atoms with Crippen molar-refractivity contribution in [3.05, 3.63) is 59.7 Å². The number of benzene rings is 1. The predicted octanol–water partition coefficient (Wildman–Crippen LogP) is 3.59. The molecule has 1 N–H and O–H groups in total. The van der Waals surface area contributed by atoms with Gasteiger partial charge >= 0.3 is 6.18 Å². The van der Waals surface area contributed by atoms with Gasteiger partial charge in [0.1, 0.15) is 11.4 Å². The number of hydrogen-bond donors (Lipinski definition) is 1. The molecule has 3 heterocycles. The fourth-order valence-corrected chi connectivity index (χ4v) is 3.86. The normalized spacial score (nSPS) is 25.4. The van der Waals surface area contributed by atoms with Crippen LogP contribution in [-0.2, 0) is 16.5 Å². The van der Waals surface area contributed by atoms with E-state index in [1.54, 1.807) is 18.5 Å². The highest BCUT2D eigenvalue weighted by Gasteiger charge is 2.59. The van der Waals surface area contributed by atoms with Gasteiger partial charge in [0.05, 0.1) is 5.56 Å². The number of hydrogen-bond acceptors (Lipinski definition) is 2. The van der Waals surface area contributed by atoms with Crippen LogP contribution < -0.4 is 0 Å². The van der Waals surface area contributed by atoms with E-state index in [0.29, 0.717) is 18.0 Å². The second-order valence-electron chi connectivity index (χ2n) is 6.65. The first-order valence-electron chi connectivity index (χ1n) is 8.05. The zero-order chi connectivity index (χ0) is 17.7. The third kappa shape index (κ3) is 2.63. The first-order valence-corrected chi connectivity index (χ1v) is 8.05. The molecule has 0 radical (unpaired) electrons. The molecule has 7 heteroatoms. The number of aromatic nitrogens is 2. The maximum absolute atomic E-state index is 12.6.